The summed E-state index contributed by atoms with van der Waals surface area (Å²) in [5.41, 5.74) is 3.34. The van der Waals surface area contributed by atoms with E-state index in [1.54, 1.807) is 6.08 Å². The first kappa shape index (κ1) is 7.86. The summed E-state index contributed by atoms with van der Waals surface area (Å²) in [5.74, 6) is 0. The second kappa shape index (κ2) is 3.24. The van der Waals surface area contributed by atoms with Gasteiger partial charge in [0.25, 0.3) is 0 Å². The average molecular weight is 147 g/mol. The van der Waals surface area contributed by atoms with E-state index in [2.05, 4.69) is 25.1 Å². The largest absolute Gasteiger partial charge is 0.359 e. The van der Waals surface area contributed by atoms with Gasteiger partial charge in [0.05, 0.1) is 0 Å². The molecule has 0 radical (unpaired) electrons. The first-order valence-corrected chi connectivity index (χ1v) is 3.70. The van der Waals surface area contributed by atoms with Gasteiger partial charge in [-0.1, -0.05) is 25.8 Å². The van der Waals surface area contributed by atoms with Gasteiger partial charge in [0.1, 0.15) is 0 Å². The number of rotatable bonds is 2. The summed E-state index contributed by atoms with van der Waals surface area (Å²) >= 11 is 0. The van der Waals surface area contributed by atoms with E-state index in [4.69, 9.17) is 0 Å². The van der Waals surface area contributed by atoms with Crippen LogP contribution in [0.15, 0.2) is 48.9 Å². The smallest absolute Gasteiger partial charge is 0.0408 e. The first-order chi connectivity index (χ1) is 5.27. The number of allylic oxidation sites excluding steroid dienone is 4. The summed E-state index contributed by atoms with van der Waals surface area (Å²) in [7, 11) is 0. The summed E-state index contributed by atoms with van der Waals surface area (Å²) in [5, 5.41) is 3.16. The third-order valence-corrected chi connectivity index (χ3v) is 1.80. The highest BCUT2D eigenvalue weighted by atomic mass is 14.9. The Labute approximate surface area is 67.8 Å². The molecule has 58 valence electrons. The van der Waals surface area contributed by atoms with Crippen LogP contribution in [0.1, 0.15) is 12.8 Å². The first-order valence-electron chi connectivity index (χ1n) is 3.70. The molecule has 11 heavy (non-hydrogen) atoms. The molecule has 0 saturated carbocycles. The van der Waals surface area contributed by atoms with Crippen molar-refractivity contribution >= 4 is 0 Å². The number of hydrogen-bond donors (Lipinski definition) is 1. The van der Waals surface area contributed by atoms with E-state index < -0.39 is 0 Å². The Morgan fingerprint density at radius 2 is 1.91 bits per heavy atom. The van der Waals surface area contributed by atoms with Gasteiger partial charge in [-0.3, -0.25) is 0 Å². The molecular formula is C10H13N. The maximum atomic E-state index is 3.85. The van der Waals surface area contributed by atoms with Gasteiger partial charge < -0.3 is 5.32 Å². The molecule has 0 atom stereocenters. The van der Waals surface area contributed by atoms with Crippen molar-refractivity contribution < 1.29 is 0 Å². The van der Waals surface area contributed by atoms with Crippen LogP contribution in [-0.4, -0.2) is 0 Å². The maximum Gasteiger partial charge on any atom is 0.0408 e. The lowest BCUT2D eigenvalue weighted by Crippen LogP contribution is -2.16. The van der Waals surface area contributed by atoms with Gasteiger partial charge in [-0.2, -0.15) is 0 Å². The normalized spacial score (nSPS) is 17.6. The minimum absolute atomic E-state index is 0.999. The third kappa shape index (κ3) is 1.61. The molecule has 0 unspecified atom stereocenters. The highest BCUT2D eigenvalue weighted by Gasteiger charge is 2.08. The predicted molar refractivity (Wildman–Crippen MR) is 48.9 cm³/mol. The van der Waals surface area contributed by atoms with Crippen molar-refractivity contribution in [3.05, 3.63) is 48.9 Å². The highest BCUT2D eigenvalue weighted by molar-refractivity contribution is 5.35. The molecule has 1 heterocycles. The molecule has 0 bridgehead atoms. The van der Waals surface area contributed by atoms with Crippen LogP contribution in [-0.2, 0) is 0 Å². The predicted octanol–water partition coefficient (Wildman–Crippen LogP) is 2.51. The molecule has 0 amide bonds. The number of hydrogen-bond acceptors (Lipinski definition) is 1. The molecule has 0 fully saturated rings. The van der Waals surface area contributed by atoms with Crippen LogP contribution < -0.4 is 5.32 Å². The van der Waals surface area contributed by atoms with Crippen molar-refractivity contribution in [3.8, 4) is 0 Å². The van der Waals surface area contributed by atoms with E-state index in [0.717, 1.165) is 24.2 Å². The summed E-state index contributed by atoms with van der Waals surface area (Å²) in [6.45, 7) is 11.3. The quantitative estimate of drug-likeness (QED) is 0.632. The Balaban J connectivity index is 2.91. The molecule has 0 aromatic heterocycles. The standard InChI is InChI=1S/C10H13N/c1-4-9-7-6-8(3)11-10(9)5-2/h4-5,11H,1-3,6-7H2. The van der Waals surface area contributed by atoms with Crippen molar-refractivity contribution in [3.63, 3.8) is 0 Å². The molecule has 0 spiro atoms. The van der Waals surface area contributed by atoms with E-state index in [9.17, 15) is 0 Å². The molecule has 0 saturated heterocycles. The molecule has 0 aromatic carbocycles. The molecule has 1 nitrogen and oxygen atoms in total. The minimum Gasteiger partial charge on any atom is -0.359 e. The van der Waals surface area contributed by atoms with Gasteiger partial charge in [-0.25, -0.2) is 0 Å². The Hall–Kier alpha value is -1.24. The van der Waals surface area contributed by atoms with Crippen molar-refractivity contribution in [2.75, 3.05) is 0 Å². The van der Waals surface area contributed by atoms with Crippen LogP contribution >= 0.6 is 0 Å². The zero-order chi connectivity index (χ0) is 8.27. The Morgan fingerprint density at radius 3 is 2.45 bits per heavy atom. The number of nitrogens with one attached hydrogen (secondary N) is 1. The van der Waals surface area contributed by atoms with Crippen LogP contribution in [0.5, 0.6) is 0 Å². The van der Waals surface area contributed by atoms with Gasteiger partial charge in [-0.15, -0.1) is 0 Å². The lowest BCUT2D eigenvalue weighted by Gasteiger charge is -2.19. The van der Waals surface area contributed by atoms with Gasteiger partial charge in [0.15, 0.2) is 0 Å². The molecular weight excluding hydrogens is 134 g/mol. The van der Waals surface area contributed by atoms with Crippen molar-refractivity contribution in [1.82, 2.24) is 5.32 Å². The highest BCUT2D eigenvalue weighted by Crippen LogP contribution is 2.20. The Kier molecular flexibility index (Phi) is 2.32. The van der Waals surface area contributed by atoms with E-state index in [1.165, 1.54) is 5.57 Å². The lowest BCUT2D eigenvalue weighted by atomic mass is 10.0. The molecule has 0 aliphatic carbocycles. The lowest BCUT2D eigenvalue weighted by molar-refractivity contribution is 0.790. The van der Waals surface area contributed by atoms with Crippen molar-refractivity contribution in [2.45, 2.75) is 12.8 Å². The summed E-state index contributed by atoms with van der Waals surface area (Å²) in [6, 6.07) is 0. The second-order valence-electron chi connectivity index (χ2n) is 2.58. The van der Waals surface area contributed by atoms with Gasteiger partial charge in [0.2, 0.25) is 0 Å². The summed E-state index contributed by atoms with van der Waals surface area (Å²) in [6.07, 6.45) is 5.70. The Morgan fingerprint density at radius 1 is 1.18 bits per heavy atom. The van der Waals surface area contributed by atoms with E-state index in [-0.39, 0.29) is 0 Å². The zero-order valence-electron chi connectivity index (χ0n) is 6.69. The van der Waals surface area contributed by atoms with Crippen LogP contribution in [0.4, 0.5) is 0 Å². The van der Waals surface area contributed by atoms with Gasteiger partial charge >= 0.3 is 0 Å². The van der Waals surface area contributed by atoms with Crippen molar-refractivity contribution in [2.24, 2.45) is 0 Å². The van der Waals surface area contributed by atoms with Crippen molar-refractivity contribution in [1.29, 1.82) is 0 Å². The second-order valence-corrected chi connectivity index (χ2v) is 2.58. The van der Waals surface area contributed by atoms with Crippen LogP contribution in [0.3, 0.4) is 0 Å². The van der Waals surface area contributed by atoms with Gasteiger partial charge in [-0.05, 0) is 24.5 Å². The van der Waals surface area contributed by atoms with E-state index in [0.29, 0.717) is 0 Å². The monoisotopic (exact) mass is 147 g/mol. The van der Waals surface area contributed by atoms with Crippen LogP contribution in [0.25, 0.3) is 0 Å². The molecule has 1 aliphatic rings. The van der Waals surface area contributed by atoms with Gasteiger partial charge in [0, 0.05) is 11.4 Å². The summed E-state index contributed by atoms with van der Waals surface area (Å²) in [4.78, 5) is 0. The maximum absolute atomic E-state index is 3.85. The average Bonchev–Trinajstić information content (AvgIpc) is 2.04. The fourth-order valence-electron chi connectivity index (χ4n) is 1.15. The molecule has 1 heteroatoms. The molecule has 1 N–H and O–H groups in total. The zero-order valence-corrected chi connectivity index (χ0v) is 6.69. The fraction of sp³-hybridized carbons (Fsp3) is 0.200. The molecule has 1 aliphatic heterocycles. The van der Waals surface area contributed by atoms with E-state index >= 15 is 0 Å². The van der Waals surface area contributed by atoms with Crippen LogP contribution in [0, 0.1) is 0 Å². The van der Waals surface area contributed by atoms with E-state index in [1.807, 2.05) is 6.08 Å². The molecule has 0 aromatic rings. The fourth-order valence-corrected chi connectivity index (χ4v) is 1.15. The SMILES string of the molecule is C=CC1=C(C=C)NC(=C)CC1. The Bertz CT molecular complexity index is 233. The topological polar surface area (TPSA) is 12.0 Å². The third-order valence-electron chi connectivity index (χ3n) is 1.80. The summed E-state index contributed by atoms with van der Waals surface area (Å²) < 4.78 is 0. The molecule has 1 rings (SSSR count). The minimum atomic E-state index is 0.999. The van der Waals surface area contributed by atoms with Crippen LogP contribution in [0.2, 0.25) is 0 Å².